The van der Waals surface area contributed by atoms with E-state index in [-0.39, 0.29) is 43.6 Å². The van der Waals surface area contributed by atoms with Gasteiger partial charge in [-0.15, -0.1) is 0 Å². The average molecular weight is 408 g/mol. The molecule has 4 rings (SSSR count). The summed E-state index contributed by atoms with van der Waals surface area (Å²) in [5, 5.41) is 3.13. The van der Waals surface area contributed by atoms with Crippen molar-refractivity contribution < 1.29 is 23.8 Å². The Balaban J connectivity index is 1.67. The van der Waals surface area contributed by atoms with Gasteiger partial charge in [0.1, 0.15) is 5.70 Å². The van der Waals surface area contributed by atoms with Crippen molar-refractivity contribution in [2.24, 2.45) is 0 Å². The number of nitrogens with one attached hydrogen (secondary N) is 1. The first-order chi connectivity index (χ1) is 14.4. The van der Waals surface area contributed by atoms with Crippen molar-refractivity contribution in [3.05, 3.63) is 59.3 Å². The molecule has 2 aliphatic rings. The summed E-state index contributed by atoms with van der Waals surface area (Å²) in [6.07, 6.45) is 0.0218. The third-order valence-corrected chi connectivity index (χ3v) is 4.92. The molecule has 2 aliphatic heterocycles. The van der Waals surface area contributed by atoms with Crippen molar-refractivity contribution in [2.45, 2.75) is 26.9 Å². The number of nitrogens with zero attached hydrogens (tertiary/aromatic N) is 1. The topological polar surface area (TPSA) is 77.1 Å². The Morgan fingerprint density at radius 2 is 1.77 bits per heavy atom. The first-order valence-corrected chi connectivity index (χ1v) is 9.90. The molecule has 0 atom stereocenters. The molecule has 0 spiro atoms. The molecule has 7 nitrogen and oxygen atoms in total. The van der Waals surface area contributed by atoms with E-state index in [0.29, 0.717) is 28.3 Å². The molecule has 0 radical (unpaired) electrons. The zero-order valence-corrected chi connectivity index (χ0v) is 17.2. The van der Waals surface area contributed by atoms with Gasteiger partial charge in [0.25, 0.3) is 11.8 Å². The summed E-state index contributed by atoms with van der Waals surface area (Å²) in [7, 11) is 0. The third kappa shape index (κ3) is 3.89. The highest BCUT2D eigenvalue weighted by atomic mass is 16.7. The van der Waals surface area contributed by atoms with E-state index in [0.717, 1.165) is 5.56 Å². The molecule has 30 heavy (non-hydrogen) atoms. The van der Waals surface area contributed by atoms with Crippen molar-refractivity contribution in [1.82, 2.24) is 4.90 Å². The van der Waals surface area contributed by atoms with Crippen LogP contribution in [-0.2, 0) is 14.3 Å². The summed E-state index contributed by atoms with van der Waals surface area (Å²) in [6.45, 7) is 6.44. The largest absolute Gasteiger partial charge is 0.454 e. The molecular formula is C23H24N2O5. The lowest BCUT2D eigenvalue weighted by Gasteiger charge is -2.16. The van der Waals surface area contributed by atoms with Gasteiger partial charge in [0.15, 0.2) is 11.5 Å². The molecule has 0 aliphatic carbocycles. The first-order valence-electron chi connectivity index (χ1n) is 9.90. The molecule has 2 heterocycles. The van der Waals surface area contributed by atoms with Gasteiger partial charge in [-0.3, -0.25) is 14.5 Å². The van der Waals surface area contributed by atoms with Crippen molar-refractivity contribution in [3.63, 3.8) is 0 Å². The number of amides is 2. The lowest BCUT2D eigenvalue weighted by atomic mass is 10.0. The molecule has 0 saturated carbocycles. The highest BCUT2D eigenvalue weighted by Gasteiger charge is 2.39. The molecule has 0 saturated heterocycles. The van der Waals surface area contributed by atoms with E-state index in [2.05, 4.69) is 5.32 Å². The van der Waals surface area contributed by atoms with Crippen LogP contribution in [0.25, 0.3) is 5.57 Å². The molecule has 2 aromatic rings. The number of benzene rings is 2. The van der Waals surface area contributed by atoms with E-state index in [4.69, 9.17) is 14.2 Å². The zero-order valence-electron chi connectivity index (χ0n) is 17.2. The number of rotatable bonds is 7. The van der Waals surface area contributed by atoms with Crippen LogP contribution in [0.4, 0.5) is 5.69 Å². The summed E-state index contributed by atoms with van der Waals surface area (Å²) in [5.74, 6) is 0.533. The quantitative estimate of drug-likeness (QED) is 0.708. The number of hydrogen-bond acceptors (Lipinski definition) is 6. The SMILES string of the molecule is Cc1ccc(C2=C(Nc3ccc4c(c3)OCO4)C(=O)N(CCOC(C)C)C2=O)cc1. The summed E-state index contributed by atoms with van der Waals surface area (Å²) in [6, 6.07) is 12.9. The van der Waals surface area contributed by atoms with E-state index in [9.17, 15) is 9.59 Å². The van der Waals surface area contributed by atoms with Gasteiger partial charge >= 0.3 is 0 Å². The Hall–Kier alpha value is -3.32. The highest BCUT2D eigenvalue weighted by Crippen LogP contribution is 2.36. The predicted molar refractivity (Wildman–Crippen MR) is 112 cm³/mol. The summed E-state index contributed by atoms with van der Waals surface area (Å²) >= 11 is 0. The number of ether oxygens (including phenoxy) is 3. The van der Waals surface area contributed by atoms with E-state index in [1.807, 2.05) is 45.0 Å². The smallest absolute Gasteiger partial charge is 0.278 e. The molecule has 2 amide bonds. The van der Waals surface area contributed by atoms with Gasteiger partial charge in [0, 0.05) is 11.8 Å². The molecule has 0 bridgehead atoms. The summed E-state index contributed by atoms with van der Waals surface area (Å²) < 4.78 is 16.3. The number of hydrogen-bond donors (Lipinski definition) is 1. The minimum absolute atomic E-state index is 0.0218. The van der Waals surface area contributed by atoms with Crippen LogP contribution in [0, 0.1) is 6.92 Å². The highest BCUT2D eigenvalue weighted by molar-refractivity contribution is 6.36. The molecule has 0 unspecified atom stereocenters. The van der Waals surface area contributed by atoms with Gasteiger partial charge in [-0.05, 0) is 38.5 Å². The van der Waals surface area contributed by atoms with Crippen molar-refractivity contribution >= 4 is 23.1 Å². The Kier molecular flexibility index (Phi) is 5.46. The van der Waals surface area contributed by atoms with Crippen LogP contribution in [0.1, 0.15) is 25.0 Å². The second-order valence-electron chi connectivity index (χ2n) is 7.49. The standard InChI is InChI=1S/C23H24N2O5/c1-14(2)28-11-10-25-22(26)20(16-6-4-15(3)5-7-16)21(23(25)27)24-17-8-9-18-19(12-17)30-13-29-18/h4-9,12,14,24H,10-11,13H2,1-3H3. The van der Waals surface area contributed by atoms with Crippen LogP contribution in [0.2, 0.25) is 0 Å². The third-order valence-electron chi connectivity index (χ3n) is 4.92. The normalized spacial score (nSPS) is 15.5. The van der Waals surface area contributed by atoms with Gasteiger partial charge in [0.2, 0.25) is 6.79 Å². The monoisotopic (exact) mass is 408 g/mol. The lowest BCUT2D eigenvalue weighted by molar-refractivity contribution is -0.137. The van der Waals surface area contributed by atoms with Gasteiger partial charge in [-0.1, -0.05) is 29.8 Å². The second kappa shape index (κ2) is 8.20. The second-order valence-corrected chi connectivity index (χ2v) is 7.49. The van der Waals surface area contributed by atoms with Gasteiger partial charge < -0.3 is 19.5 Å². The fourth-order valence-corrected chi connectivity index (χ4v) is 3.38. The van der Waals surface area contributed by atoms with Crippen LogP contribution in [0.15, 0.2) is 48.2 Å². The van der Waals surface area contributed by atoms with Crippen molar-refractivity contribution in [1.29, 1.82) is 0 Å². The van der Waals surface area contributed by atoms with Gasteiger partial charge in [-0.25, -0.2) is 0 Å². The van der Waals surface area contributed by atoms with E-state index < -0.39 is 0 Å². The molecular weight excluding hydrogens is 384 g/mol. The predicted octanol–water partition coefficient (Wildman–Crippen LogP) is 3.34. The number of imide groups is 1. The molecule has 0 aromatic heterocycles. The maximum atomic E-state index is 13.2. The van der Waals surface area contributed by atoms with Gasteiger partial charge in [0.05, 0.1) is 24.8 Å². The van der Waals surface area contributed by atoms with Gasteiger partial charge in [-0.2, -0.15) is 0 Å². The number of fused-ring (bicyclic) bond motifs is 1. The fourth-order valence-electron chi connectivity index (χ4n) is 3.38. The molecule has 0 fully saturated rings. The number of carbonyl (C=O) groups excluding carboxylic acids is 2. The minimum Gasteiger partial charge on any atom is -0.454 e. The molecule has 2 aromatic carbocycles. The Morgan fingerprint density at radius 3 is 2.50 bits per heavy atom. The minimum atomic E-state index is -0.374. The summed E-state index contributed by atoms with van der Waals surface area (Å²) in [4.78, 5) is 27.6. The molecule has 156 valence electrons. The van der Waals surface area contributed by atoms with Crippen LogP contribution in [0.3, 0.4) is 0 Å². The van der Waals surface area contributed by atoms with Crippen LogP contribution < -0.4 is 14.8 Å². The van der Waals surface area contributed by atoms with Crippen molar-refractivity contribution in [2.75, 3.05) is 25.3 Å². The lowest BCUT2D eigenvalue weighted by Crippen LogP contribution is -2.35. The fraction of sp³-hybridized carbons (Fsp3) is 0.304. The number of aryl methyl sites for hydroxylation is 1. The number of anilines is 1. The van der Waals surface area contributed by atoms with E-state index in [1.54, 1.807) is 18.2 Å². The van der Waals surface area contributed by atoms with Crippen LogP contribution in [-0.4, -0.2) is 42.8 Å². The Labute approximate surface area is 175 Å². The molecule has 7 heteroatoms. The molecule has 1 N–H and O–H groups in total. The first kappa shape index (κ1) is 20.0. The van der Waals surface area contributed by atoms with Crippen molar-refractivity contribution in [3.8, 4) is 11.5 Å². The van der Waals surface area contributed by atoms with E-state index >= 15 is 0 Å². The average Bonchev–Trinajstić information content (AvgIpc) is 3.27. The van der Waals surface area contributed by atoms with Crippen LogP contribution in [0.5, 0.6) is 11.5 Å². The zero-order chi connectivity index (χ0) is 21.3. The Bertz CT molecular complexity index is 1010. The summed E-state index contributed by atoms with van der Waals surface area (Å²) in [5.41, 5.74) is 2.99. The maximum Gasteiger partial charge on any atom is 0.278 e. The van der Waals surface area contributed by atoms with E-state index in [1.165, 1.54) is 4.90 Å². The maximum absolute atomic E-state index is 13.2. The van der Waals surface area contributed by atoms with Crippen LogP contribution >= 0.6 is 0 Å². The Morgan fingerprint density at radius 1 is 1.03 bits per heavy atom. The number of carbonyl (C=O) groups is 2.